The number of carbonyl (C=O) groups is 1. The van der Waals surface area contributed by atoms with Gasteiger partial charge in [0.15, 0.2) is 11.5 Å². The highest BCUT2D eigenvalue weighted by Crippen LogP contribution is 2.37. The van der Waals surface area contributed by atoms with Crippen LogP contribution in [-0.4, -0.2) is 12.4 Å². The summed E-state index contributed by atoms with van der Waals surface area (Å²) in [5.41, 5.74) is 1.85. The number of hydrogen-bond acceptors (Lipinski definition) is 3. The van der Waals surface area contributed by atoms with E-state index < -0.39 is 5.24 Å². The van der Waals surface area contributed by atoms with Crippen molar-refractivity contribution in [1.29, 1.82) is 0 Å². The molecule has 0 saturated heterocycles. The first-order chi connectivity index (χ1) is 10.6. The van der Waals surface area contributed by atoms with Gasteiger partial charge in [0.25, 0.3) is 0 Å². The van der Waals surface area contributed by atoms with E-state index in [2.05, 4.69) is 15.9 Å². The van der Waals surface area contributed by atoms with Gasteiger partial charge in [-0.15, -0.1) is 0 Å². The molecule has 0 fully saturated rings. The van der Waals surface area contributed by atoms with Gasteiger partial charge in [0, 0.05) is 0 Å². The van der Waals surface area contributed by atoms with Gasteiger partial charge in [-0.05, 0) is 62.9 Å². The Morgan fingerprint density at radius 3 is 2.64 bits per heavy atom. The summed E-state index contributed by atoms with van der Waals surface area (Å²) in [7, 11) is 1.57. The Balaban J connectivity index is 2.22. The predicted octanol–water partition coefficient (Wildman–Crippen LogP) is 4.82. The number of rotatable bonds is 6. The van der Waals surface area contributed by atoms with Gasteiger partial charge in [0.2, 0.25) is 5.24 Å². The number of ether oxygens (including phenoxy) is 2. The minimum absolute atomic E-state index is 0.436. The highest BCUT2D eigenvalue weighted by atomic mass is 79.9. The third kappa shape index (κ3) is 4.61. The smallest absolute Gasteiger partial charge is 0.245 e. The second kappa shape index (κ2) is 8.01. The molecule has 0 aliphatic carbocycles. The van der Waals surface area contributed by atoms with Crippen LogP contribution in [0, 0.1) is 0 Å². The van der Waals surface area contributed by atoms with Crippen molar-refractivity contribution in [2.24, 2.45) is 0 Å². The molecule has 5 heteroatoms. The van der Waals surface area contributed by atoms with E-state index in [1.165, 1.54) is 6.08 Å². The summed E-state index contributed by atoms with van der Waals surface area (Å²) in [4.78, 5) is 10.8. The SMILES string of the molecule is COc1cc(/C=C/C(=O)Cl)cc(Br)c1OCc1ccccc1. The van der Waals surface area contributed by atoms with E-state index >= 15 is 0 Å². The lowest BCUT2D eigenvalue weighted by atomic mass is 10.2. The van der Waals surface area contributed by atoms with Crippen molar-refractivity contribution >= 4 is 38.8 Å². The molecule has 0 unspecified atom stereocenters. The molecule has 0 radical (unpaired) electrons. The maximum atomic E-state index is 10.8. The van der Waals surface area contributed by atoms with E-state index in [9.17, 15) is 4.79 Å². The fourth-order valence-corrected chi connectivity index (χ4v) is 2.50. The van der Waals surface area contributed by atoms with Crippen LogP contribution in [0.4, 0.5) is 0 Å². The molecular formula is C17H14BrClO3. The summed E-state index contributed by atoms with van der Waals surface area (Å²) in [6, 6.07) is 13.5. The Hall–Kier alpha value is -1.78. The standard InChI is InChI=1S/C17H14BrClO3/c1-21-15-10-13(7-8-16(19)20)9-14(18)17(15)22-11-12-5-3-2-4-6-12/h2-10H,11H2,1H3/b8-7+. The lowest BCUT2D eigenvalue weighted by Gasteiger charge is -2.13. The van der Waals surface area contributed by atoms with Crippen LogP contribution < -0.4 is 9.47 Å². The molecule has 2 rings (SSSR count). The van der Waals surface area contributed by atoms with Crippen molar-refractivity contribution in [3.05, 3.63) is 64.1 Å². The lowest BCUT2D eigenvalue weighted by Crippen LogP contribution is -1.99. The van der Waals surface area contributed by atoms with Gasteiger partial charge < -0.3 is 9.47 Å². The van der Waals surface area contributed by atoms with E-state index in [1.54, 1.807) is 19.3 Å². The van der Waals surface area contributed by atoms with E-state index in [0.29, 0.717) is 18.1 Å². The summed E-state index contributed by atoms with van der Waals surface area (Å²) >= 11 is 8.76. The molecular weight excluding hydrogens is 368 g/mol. The molecule has 0 heterocycles. The van der Waals surface area contributed by atoms with Crippen molar-refractivity contribution in [3.63, 3.8) is 0 Å². The van der Waals surface area contributed by atoms with Crippen LogP contribution in [0.5, 0.6) is 11.5 Å². The Bertz CT molecular complexity index is 684. The van der Waals surface area contributed by atoms with Crippen LogP contribution in [0.2, 0.25) is 0 Å². The summed E-state index contributed by atoms with van der Waals surface area (Å²) < 4.78 is 11.9. The molecule has 114 valence electrons. The zero-order chi connectivity index (χ0) is 15.9. The number of methoxy groups -OCH3 is 1. The maximum absolute atomic E-state index is 10.8. The molecule has 3 nitrogen and oxygen atoms in total. The van der Waals surface area contributed by atoms with Crippen molar-refractivity contribution in [2.45, 2.75) is 6.61 Å². The molecule has 0 aromatic heterocycles. The first kappa shape index (κ1) is 16.6. The first-order valence-electron chi connectivity index (χ1n) is 6.52. The Labute approximate surface area is 142 Å². The van der Waals surface area contributed by atoms with Crippen LogP contribution in [-0.2, 0) is 11.4 Å². The van der Waals surface area contributed by atoms with Crippen LogP contribution in [0.1, 0.15) is 11.1 Å². The van der Waals surface area contributed by atoms with Gasteiger partial charge in [0.05, 0.1) is 11.6 Å². The Kier molecular flexibility index (Phi) is 6.04. The zero-order valence-corrected chi connectivity index (χ0v) is 14.2. The Morgan fingerprint density at radius 2 is 2.00 bits per heavy atom. The minimum Gasteiger partial charge on any atom is -0.493 e. The van der Waals surface area contributed by atoms with Gasteiger partial charge in [-0.3, -0.25) is 4.79 Å². The monoisotopic (exact) mass is 380 g/mol. The van der Waals surface area contributed by atoms with Crippen LogP contribution in [0.3, 0.4) is 0 Å². The quantitative estimate of drug-likeness (QED) is 0.532. The van der Waals surface area contributed by atoms with Crippen molar-refractivity contribution in [3.8, 4) is 11.5 Å². The number of halogens is 2. The molecule has 2 aromatic rings. The Morgan fingerprint density at radius 1 is 1.27 bits per heavy atom. The van der Waals surface area contributed by atoms with Gasteiger partial charge >= 0.3 is 0 Å². The summed E-state index contributed by atoms with van der Waals surface area (Å²) in [5, 5.41) is -0.528. The number of benzene rings is 2. The van der Waals surface area contributed by atoms with E-state index in [-0.39, 0.29) is 0 Å². The second-order valence-corrected chi connectivity index (χ2v) is 5.67. The molecule has 0 amide bonds. The zero-order valence-electron chi connectivity index (χ0n) is 11.9. The predicted molar refractivity (Wildman–Crippen MR) is 91.4 cm³/mol. The fraction of sp³-hybridized carbons (Fsp3) is 0.118. The normalized spacial score (nSPS) is 10.7. The molecule has 0 aliphatic heterocycles. The van der Waals surface area contributed by atoms with Crippen molar-refractivity contribution in [1.82, 2.24) is 0 Å². The number of allylic oxidation sites excluding steroid dienone is 1. The van der Waals surface area contributed by atoms with E-state index in [0.717, 1.165) is 15.6 Å². The average Bonchev–Trinajstić information content (AvgIpc) is 2.52. The highest BCUT2D eigenvalue weighted by Gasteiger charge is 2.11. The van der Waals surface area contributed by atoms with Gasteiger partial charge in [-0.1, -0.05) is 30.3 Å². The summed E-state index contributed by atoms with van der Waals surface area (Å²) in [6.45, 7) is 0.436. The summed E-state index contributed by atoms with van der Waals surface area (Å²) in [5.74, 6) is 1.19. The van der Waals surface area contributed by atoms with Crippen LogP contribution >= 0.6 is 27.5 Å². The molecule has 0 spiro atoms. The molecule has 22 heavy (non-hydrogen) atoms. The maximum Gasteiger partial charge on any atom is 0.245 e. The molecule has 0 aliphatic rings. The topological polar surface area (TPSA) is 35.5 Å². The third-order valence-electron chi connectivity index (χ3n) is 2.88. The minimum atomic E-state index is -0.528. The molecule has 0 N–H and O–H groups in total. The molecule has 0 atom stereocenters. The molecule has 0 saturated carbocycles. The highest BCUT2D eigenvalue weighted by molar-refractivity contribution is 9.10. The molecule has 0 bridgehead atoms. The first-order valence-corrected chi connectivity index (χ1v) is 7.69. The second-order valence-electron chi connectivity index (χ2n) is 4.45. The van der Waals surface area contributed by atoms with Crippen molar-refractivity contribution < 1.29 is 14.3 Å². The summed E-state index contributed by atoms with van der Waals surface area (Å²) in [6.07, 6.45) is 2.90. The number of hydrogen-bond donors (Lipinski definition) is 0. The van der Waals surface area contributed by atoms with Crippen LogP contribution in [0.15, 0.2) is 53.0 Å². The lowest BCUT2D eigenvalue weighted by molar-refractivity contribution is -0.107. The van der Waals surface area contributed by atoms with Crippen molar-refractivity contribution in [2.75, 3.05) is 7.11 Å². The average molecular weight is 382 g/mol. The largest absolute Gasteiger partial charge is 0.493 e. The van der Waals surface area contributed by atoms with E-state index in [4.69, 9.17) is 21.1 Å². The van der Waals surface area contributed by atoms with E-state index in [1.807, 2.05) is 36.4 Å². The van der Waals surface area contributed by atoms with Crippen LogP contribution in [0.25, 0.3) is 6.08 Å². The van der Waals surface area contributed by atoms with Gasteiger partial charge in [-0.2, -0.15) is 0 Å². The number of carbonyl (C=O) groups excluding carboxylic acids is 1. The molecule has 2 aromatic carbocycles. The third-order valence-corrected chi connectivity index (χ3v) is 3.60. The fourth-order valence-electron chi connectivity index (χ4n) is 1.87. The van der Waals surface area contributed by atoms with Gasteiger partial charge in [-0.25, -0.2) is 0 Å². The van der Waals surface area contributed by atoms with Gasteiger partial charge in [0.1, 0.15) is 6.61 Å².